The third-order valence-corrected chi connectivity index (χ3v) is 4.51. The number of aryl methyl sites for hydroxylation is 1. The van der Waals surface area contributed by atoms with Crippen molar-refractivity contribution in [2.45, 2.75) is 18.7 Å². The van der Waals surface area contributed by atoms with Crippen molar-refractivity contribution in [1.29, 1.82) is 0 Å². The Labute approximate surface area is 95.4 Å². The van der Waals surface area contributed by atoms with Gasteiger partial charge in [-0.1, -0.05) is 6.92 Å². The van der Waals surface area contributed by atoms with Crippen LogP contribution in [0, 0.1) is 18.7 Å². The predicted molar refractivity (Wildman–Crippen MR) is 61.4 cm³/mol. The number of hydrogen-bond acceptors (Lipinski definition) is 3. The summed E-state index contributed by atoms with van der Waals surface area (Å²) < 4.78 is 36.8. The number of nitrogens with two attached hydrogens (primary N) is 1. The summed E-state index contributed by atoms with van der Waals surface area (Å²) in [6.07, 6.45) is 0. The summed E-state index contributed by atoms with van der Waals surface area (Å²) in [7, 11) is -3.37. The first-order chi connectivity index (χ1) is 7.36. The minimum atomic E-state index is -3.37. The van der Waals surface area contributed by atoms with Crippen LogP contribution in [0.2, 0.25) is 0 Å². The van der Waals surface area contributed by atoms with E-state index in [1.54, 1.807) is 13.8 Å². The van der Waals surface area contributed by atoms with Crippen molar-refractivity contribution in [3.05, 3.63) is 29.6 Å². The zero-order valence-electron chi connectivity index (χ0n) is 9.40. The van der Waals surface area contributed by atoms with E-state index < -0.39 is 15.7 Å². The van der Waals surface area contributed by atoms with Gasteiger partial charge in [-0.2, -0.15) is 0 Å². The second-order valence-corrected chi connectivity index (χ2v) is 6.03. The highest BCUT2D eigenvalue weighted by atomic mass is 32.2. The molecule has 0 radical (unpaired) electrons. The van der Waals surface area contributed by atoms with Gasteiger partial charge in [-0.15, -0.1) is 0 Å². The smallest absolute Gasteiger partial charge is 0.178 e. The van der Waals surface area contributed by atoms with E-state index in [1.165, 1.54) is 12.1 Å². The monoisotopic (exact) mass is 245 g/mol. The van der Waals surface area contributed by atoms with Gasteiger partial charge in [0.2, 0.25) is 0 Å². The summed E-state index contributed by atoms with van der Waals surface area (Å²) in [5.41, 5.74) is 5.83. The van der Waals surface area contributed by atoms with Crippen LogP contribution in [0.15, 0.2) is 23.1 Å². The molecule has 0 aromatic heterocycles. The topological polar surface area (TPSA) is 60.2 Å². The molecule has 0 heterocycles. The molecule has 5 heteroatoms. The van der Waals surface area contributed by atoms with Crippen molar-refractivity contribution in [3.63, 3.8) is 0 Å². The zero-order valence-corrected chi connectivity index (χ0v) is 10.2. The van der Waals surface area contributed by atoms with Gasteiger partial charge in [-0.05, 0) is 43.1 Å². The molecule has 2 N–H and O–H groups in total. The third kappa shape index (κ3) is 3.02. The Morgan fingerprint density at radius 2 is 2.06 bits per heavy atom. The molecule has 0 amide bonds. The first kappa shape index (κ1) is 13.1. The number of halogens is 1. The number of rotatable bonds is 4. The molecule has 0 bridgehead atoms. The maximum Gasteiger partial charge on any atom is 0.178 e. The van der Waals surface area contributed by atoms with Crippen molar-refractivity contribution in [3.8, 4) is 0 Å². The fourth-order valence-corrected chi connectivity index (χ4v) is 3.38. The van der Waals surface area contributed by atoms with Crippen LogP contribution < -0.4 is 5.73 Å². The fourth-order valence-electron chi connectivity index (χ4n) is 1.49. The molecule has 0 saturated heterocycles. The molecule has 1 unspecified atom stereocenters. The Morgan fingerprint density at radius 3 is 2.56 bits per heavy atom. The van der Waals surface area contributed by atoms with Gasteiger partial charge in [-0.25, -0.2) is 12.8 Å². The van der Waals surface area contributed by atoms with E-state index in [0.29, 0.717) is 12.1 Å². The van der Waals surface area contributed by atoms with E-state index in [0.717, 1.165) is 6.07 Å². The molecule has 3 nitrogen and oxygen atoms in total. The molecule has 0 saturated carbocycles. The average molecular weight is 245 g/mol. The number of hydrogen-bond donors (Lipinski definition) is 1. The maximum atomic E-state index is 12.8. The van der Waals surface area contributed by atoms with Gasteiger partial charge in [-0.3, -0.25) is 0 Å². The van der Waals surface area contributed by atoms with Gasteiger partial charge in [0.25, 0.3) is 0 Å². The van der Waals surface area contributed by atoms with Crippen molar-refractivity contribution < 1.29 is 12.8 Å². The van der Waals surface area contributed by atoms with Gasteiger partial charge in [0, 0.05) is 0 Å². The largest absolute Gasteiger partial charge is 0.330 e. The van der Waals surface area contributed by atoms with E-state index >= 15 is 0 Å². The van der Waals surface area contributed by atoms with Crippen LogP contribution in [-0.4, -0.2) is 20.7 Å². The molecular formula is C11H16FNO2S. The molecule has 16 heavy (non-hydrogen) atoms. The third-order valence-electron chi connectivity index (χ3n) is 2.38. The maximum absolute atomic E-state index is 12.8. The molecule has 0 aliphatic heterocycles. The van der Waals surface area contributed by atoms with Crippen LogP contribution in [-0.2, 0) is 9.84 Å². The average Bonchev–Trinajstić information content (AvgIpc) is 2.16. The van der Waals surface area contributed by atoms with E-state index in [4.69, 9.17) is 5.73 Å². The van der Waals surface area contributed by atoms with Crippen molar-refractivity contribution in [2.75, 3.05) is 12.3 Å². The summed E-state index contributed by atoms with van der Waals surface area (Å²) >= 11 is 0. The van der Waals surface area contributed by atoms with Crippen molar-refractivity contribution in [1.82, 2.24) is 0 Å². The molecule has 0 spiro atoms. The molecule has 1 aromatic carbocycles. The quantitative estimate of drug-likeness (QED) is 0.818. The van der Waals surface area contributed by atoms with Gasteiger partial charge < -0.3 is 5.73 Å². The van der Waals surface area contributed by atoms with E-state index in [9.17, 15) is 12.8 Å². The first-order valence-electron chi connectivity index (χ1n) is 5.06. The molecule has 1 rings (SSSR count). The number of sulfone groups is 1. The number of benzene rings is 1. The van der Waals surface area contributed by atoms with Crippen LogP contribution in [0.3, 0.4) is 0 Å². The first-order valence-corrected chi connectivity index (χ1v) is 6.71. The molecular weight excluding hydrogens is 229 g/mol. The Morgan fingerprint density at radius 1 is 1.44 bits per heavy atom. The van der Waals surface area contributed by atoms with Gasteiger partial charge in [0.15, 0.2) is 9.84 Å². The molecule has 0 aliphatic rings. The van der Waals surface area contributed by atoms with Gasteiger partial charge in [0.1, 0.15) is 5.82 Å². The zero-order chi connectivity index (χ0) is 12.3. The van der Waals surface area contributed by atoms with Crippen LogP contribution in [0.1, 0.15) is 12.5 Å². The fraction of sp³-hybridized carbons (Fsp3) is 0.455. The normalized spacial score (nSPS) is 13.8. The Kier molecular flexibility index (Phi) is 4.04. The van der Waals surface area contributed by atoms with E-state index in [-0.39, 0.29) is 16.6 Å². The molecule has 0 aliphatic carbocycles. The lowest BCUT2D eigenvalue weighted by molar-refractivity contribution is 0.572. The summed E-state index contributed by atoms with van der Waals surface area (Å²) in [4.78, 5) is 0.189. The van der Waals surface area contributed by atoms with E-state index in [1.807, 2.05) is 0 Å². The van der Waals surface area contributed by atoms with Gasteiger partial charge in [0.05, 0.1) is 10.6 Å². The lowest BCUT2D eigenvalue weighted by Crippen LogP contribution is -2.21. The summed E-state index contributed by atoms with van der Waals surface area (Å²) in [6, 6.07) is 3.69. The molecule has 1 atom stereocenters. The van der Waals surface area contributed by atoms with Crippen molar-refractivity contribution >= 4 is 9.84 Å². The highest BCUT2D eigenvalue weighted by Crippen LogP contribution is 2.19. The highest BCUT2D eigenvalue weighted by Gasteiger charge is 2.19. The summed E-state index contributed by atoms with van der Waals surface area (Å²) in [5, 5.41) is 0. The Hall–Kier alpha value is -0.940. The molecule has 90 valence electrons. The second-order valence-electron chi connectivity index (χ2n) is 4.03. The minimum Gasteiger partial charge on any atom is -0.330 e. The lowest BCUT2D eigenvalue weighted by atomic mass is 10.2. The second kappa shape index (κ2) is 4.93. The van der Waals surface area contributed by atoms with Crippen LogP contribution in [0.4, 0.5) is 4.39 Å². The molecule has 0 fully saturated rings. The van der Waals surface area contributed by atoms with Crippen molar-refractivity contribution in [2.24, 2.45) is 11.7 Å². The predicted octanol–water partition coefficient (Wildman–Crippen LogP) is 1.50. The highest BCUT2D eigenvalue weighted by molar-refractivity contribution is 7.91. The van der Waals surface area contributed by atoms with E-state index in [2.05, 4.69) is 0 Å². The lowest BCUT2D eigenvalue weighted by Gasteiger charge is -2.11. The standard InChI is InChI=1S/C11H16FNO2S/c1-8(6-13)7-16(14,15)11-4-3-10(12)5-9(11)2/h3-5,8H,6-7,13H2,1-2H3. The Balaban J connectivity index is 3.08. The summed E-state index contributed by atoms with van der Waals surface area (Å²) in [6.45, 7) is 3.68. The van der Waals surface area contributed by atoms with Crippen LogP contribution in [0.25, 0.3) is 0 Å². The van der Waals surface area contributed by atoms with Gasteiger partial charge >= 0.3 is 0 Å². The molecule has 1 aromatic rings. The SMILES string of the molecule is Cc1cc(F)ccc1S(=O)(=O)CC(C)CN. The minimum absolute atomic E-state index is 0.00400. The van der Waals surface area contributed by atoms with Crippen LogP contribution in [0.5, 0.6) is 0 Å². The Bertz CT molecular complexity index is 471. The van der Waals surface area contributed by atoms with Crippen LogP contribution >= 0.6 is 0 Å². The summed E-state index contributed by atoms with van der Waals surface area (Å²) in [5.74, 6) is -0.534.